The van der Waals surface area contributed by atoms with Gasteiger partial charge in [-0.2, -0.15) is 0 Å². The van der Waals surface area contributed by atoms with Crippen LogP contribution < -0.4 is 0 Å². The molecule has 1 N–H and O–H groups in total. The predicted molar refractivity (Wildman–Crippen MR) is 59.3 cm³/mol. The monoisotopic (exact) mass is 206 g/mol. The minimum absolute atomic E-state index is 0.0261. The minimum atomic E-state index is -0.0795. The molecule has 0 unspecified atom stereocenters. The lowest BCUT2D eigenvalue weighted by Gasteiger charge is -2.38. The third-order valence-electron chi connectivity index (χ3n) is 4.15. The van der Waals surface area contributed by atoms with Gasteiger partial charge in [0.2, 0.25) is 0 Å². The van der Waals surface area contributed by atoms with E-state index in [-0.39, 0.29) is 23.9 Å². The Morgan fingerprint density at radius 1 is 1.60 bits per heavy atom. The van der Waals surface area contributed by atoms with Crippen LogP contribution in [0.5, 0.6) is 0 Å². The predicted octanol–water partition coefficient (Wildman–Crippen LogP) is 2.10. The Bertz CT molecular complexity index is 318. The summed E-state index contributed by atoms with van der Waals surface area (Å²) < 4.78 is 0. The maximum Gasteiger partial charge on any atom is 0.140 e. The quantitative estimate of drug-likeness (QED) is 0.718. The number of Topliss-reactive ketones (excluding diaryl/α,β-unsaturated/α-hetero) is 1. The van der Waals surface area contributed by atoms with Crippen LogP contribution in [-0.4, -0.2) is 17.5 Å². The van der Waals surface area contributed by atoms with Crippen LogP contribution >= 0.6 is 0 Å². The number of hydrogen-bond donors (Lipinski definition) is 1. The summed E-state index contributed by atoms with van der Waals surface area (Å²) in [6, 6.07) is 0. The molecule has 2 nitrogen and oxygen atoms in total. The molecule has 2 rings (SSSR count). The highest BCUT2D eigenvalue weighted by Crippen LogP contribution is 2.55. The lowest BCUT2D eigenvalue weighted by Crippen LogP contribution is -2.38. The first kappa shape index (κ1) is 10.6. The molecular weight excluding hydrogens is 188 g/mol. The number of rotatable bonds is 3. The second-order valence-corrected chi connectivity index (χ2v) is 5.00. The molecule has 0 aromatic carbocycles. The van der Waals surface area contributed by atoms with Crippen molar-refractivity contribution in [2.24, 2.45) is 17.3 Å². The van der Waals surface area contributed by atoms with Gasteiger partial charge in [-0.15, -0.1) is 6.58 Å². The summed E-state index contributed by atoms with van der Waals surface area (Å²) in [5.41, 5.74) is 0.949. The molecule has 0 aliphatic heterocycles. The number of allylic oxidation sites excluding steroid dienone is 2. The summed E-state index contributed by atoms with van der Waals surface area (Å²) in [5, 5.41) is 9.58. The zero-order valence-corrected chi connectivity index (χ0v) is 9.04. The molecule has 0 saturated heterocycles. The molecule has 15 heavy (non-hydrogen) atoms. The molecule has 0 aromatic heterocycles. The third kappa shape index (κ3) is 1.48. The Balaban J connectivity index is 2.30. The average molecular weight is 206 g/mol. The first-order valence-electron chi connectivity index (χ1n) is 5.55. The largest absolute Gasteiger partial charge is 0.396 e. The molecule has 2 bridgehead atoms. The summed E-state index contributed by atoms with van der Waals surface area (Å²) in [6.07, 6.45) is 4.90. The van der Waals surface area contributed by atoms with Gasteiger partial charge >= 0.3 is 0 Å². The van der Waals surface area contributed by atoms with E-state index >= 15 is 0 Å². The van der Waals surface area contributed by atoms with Gasteiger partial charge in [-0.25, -0.2) is 0 Å². The van der Waals surface area contributed by atoms with Crippen molar-refractivity contribution in [3.63, 3.8) is 0 Å². The second kappa shape index (κ2) is 3.60. The van der Waals surface area contributed by atoms with Crippen LogP contribution in [-0.2, 0) is 4.79 Å². The SMILES string of the molecule is C=CC[C@@H]1CC(=O)[C@@H]2C[C@@]1(CO)CC2=C. The number of hydrogen-bond acceptors (Lipinski definition) is 2. The van der Waals surface area contributed by atoms with Crippen molar-refractivity contribution in [3.05, 3.63) is 24.8 Å². The number of fused-ring (bicyclic) bond motifs is 2. The van der Waals surface area contributed by atoms with Crippen molar-refractivity contribution in [2.75, 3.05) is 6.61 Å². The van der Waals surface area contributed by atoms with Crippen LogP contribution in [0, 0.1) is 17.3 Å². The number of aliphatic hydroxyl groups is 1. The molecule has 0 amide bonds. The fourth-order valence-corrected chi connectivity index (χ4v) is 3.24. The lowest BCUT2D eigenvalue weighted by molar-refractivity contribution is -0.127. The Kier molecular flexibility index (Phi) is 2.55. The van der Waals surface area contributed by atoms with E-state index in [0.717, 1.165) is 24.8 Å². The molecule has 3 atom stereocenters. The molecule has 0 aromatic rings. The molecule has 0 spiro atoms. The van der Waals surface area contributed by atoms with E-state index in [1.807, 2.05) is 6.08 Å². The van der Waals surface area contributed by atoms with Crippen LogP contribution in [0.15, 0.2) is 24.8 Å². The molecule has 0 heterocycles. The number of carbonyl (C=O) groups is 1. The first-order valence-corrected chi connectivity index (χ1v) is 5.55. The lowest BCUT2D eigenvalue weighted by atomic mass is 9.66. The third-order valence-corrected chi connectivity index (χ3v) is 4.15. The van der Waals surface area contributed by atoms with E-state index < -0.39 is 0 Å². The summed E-state index contributed by atoms with van der Waals surface area (Å²) in [5.74, 6) is 0.606. The van der Waals surface area contributed by atoms with E-state index in [1.54, 1.807) is 0 Å². The summed E-state index contributed by atoms with van der Waals surface area (Å²) >= 11 is 0. The summed E-state index contributed by atoms with van der Waals surface area (Å²) in [7, 11) is 0. The zero-order chi connectivity index (χ0) is 11.1. The number of ketones is 1. The van der Waals surface area contributed by atoms with E-state index in [2.05, 4.69) is 13.2 Å². The van der Waals surface area contributed by atoms with Crippen LogP contribution in [0.4, 0.5) is 0 Å². The Morgan fingerprint density at radius 3 is 2.93 bits per heavy atom. The van der Waals surface area contributed by atoms with Gasteiger partial charge in [-0.1, -0.05) is 18.2 Å². The standard InChI is InChI=1S/C13H18O2/c1-3-4-10-5-12(15)11-7-13(10,8-14)6-9(11)2/h3,10-11,14H,1-2,4-8H2/t10-,11-,13-/m1/s1. The van der Waals surface area contributed by atoms with Gasteiger partial charge in [0.1, 0.15) is 5.78 Å². The van der Waals surface area contributed by atoms with Crippen molar-refractivity contribution in [2.45, 2.75) is 25.7 Å². The van der Waals surface area contributed by atoms with Gasteiger partial charge < -0.3 is 5.11 Å². The maximum absolute atomic E-state index is 11.8. The molecule has 2 heteroatoms. The molecule has 2 saturated carbocycles. The van der Waals surface area contributed by atoms with Crippen molar-refractivity contribution in [1.82, 2.24) is 0 Å². The van der Waals surface area contributed by atoms with Crippen molar-refractivity contribution in [1.29, 1.82) is 0 Å². The topological polar surface area (TPSA) is 37.3 Å². The van der Waals surface area contributed by atoms with Gasteiger partial charge in [-0.05, 0) is 25.2 Å². The highest BCUT2D eigenvalue weighted by Gasteiger charge is 2.52. The fourth-order valence-electron chi connectivity index (χ4n) is 3.24. The highest BCUT2D eigenvalue weighted by molar-refractivity contribution is 5.86. The molecule has 2 aliphatic rings. The second-order valence-electron chi connectivity index (χ2n) is 5.00. The minimum Gasteiger partial charge on any atom is -0.396 e. The average Bonchev–Trinajstić information content (AvgIpc) is 2.52. The van der Waals surface area contributed by atoms with Gasteiger partial charge in [0.25, 0.3) is 0 Å². The molecule has 0 radical (unpaired) electrons. The van der Waals surface area contributed by atoms with E-state index in [4.69, 9.17) is 0 Å². The summed E-state index contributed by atoms with van der Waals surface area (Å²) in [4.78, 5) is 11.8. The van der Waals surface area contributed by atoms with E-state index in [9.17, 15) is 9.90 Å². The number of aliphatic hydroxyl groups excluding tert-OH is 1. The van der Waals surface area contributed by atoms with Gasteiger partial charge in [0, 0.05) is 24.4 Å². The molecule has 82 valence electrons. The number of carbonyl (C=O) groups excluding carboxylic acids is 1. The highest BCUT2D eigenvalue weighted by atomic mass is 16.3. The van der Waals surface area contributed by atoms with Gasteiger partial charge in [0.15, 0.2) is 0 Å². The maximum atomic E-state index is 11.8. The van der Waals surface area contributed by atoms with Gasteiger partial charge in [0.05, 0.1) is 0 Å². The van der Waals surface area contributed by atoms with Crippen LogP contribution in [0.3, 0.4) is 0 Å². The smallest absolute Gasteiger partial charge is 0.140 e. The Labute approximate surface area is 90.7 Å². The zero-order valence-electron chi connectivity index (χ0n) is 9.04. The van der Waals surface area contributed by atoms with E-state index in [0.29, 0.717) is 12.2 Å². The Morgan fingerprint density at radius 2 is 2.33 bits per heavy atom. The van der Waals surface area contributed by atoms with Crippen molar-refractivity contribution < 1.29 is 9.90 Å². The first-order chi connectivity index (χ1) is 7.13. The molecule has 2 fully saturated rings. The Hall–Kier alpha value is -0.890. The van der Waals surface area contributed by atoms with Crippen molar-refractivity contribution in [3.8, 4) is 0 Å². The normalized spacial score (nSPS) is 39.5. The van der Waals surface area contributed by atoms with Crippen LogP contribution in [0.1, 0.15) is 25.7 Å². The fraction of sp³-hybridized carbons (Fsp3) is 0.615. The molecular formula is C13H18O2. The van der Waals surface area contributed by atoms with Crippen LogP contribution in [0.25, 0.3) is 0 Å². The summed E-state index contributed by atoms with van der Waals surface area (Å²) in [6.45, 7) is 7.88. The van der Waals surface area contributed by atoms with E-state index in [1.165, 1.54) is 0 Å². The van der Waals surface area contributed by atoms with Crippen molar-refractivity contribution >= 4 is 5.78 Å². The molecule has 2 aliphatic carbocycles. The van der Waals surface area contributed by atoms with Crippen LogP contribution in [0.2, 0.25) is 0 Å². The van der Waals surface area contributed by atoms with Gasteiger partial charge in [-0.3, -0.25) is 4.79 Å².